The maximum atomic E-state index is 6.01. The van der Waals surface area contributed by atoms with Crippen LogP contribution in [-0.4, -0.2) is 16.6 Å². The summed E-state index contributed by atoms with van der Waals surface area (Å²) < 4.78 is 5.82. The van der Waals surface area contributed by atoms with E-state index in [0.717, 1.165) is 34.1 Å². The summed E-state index contributed by atoms with van der Waals surface area (Å²) in [5, 5.41) is 0.720. The first kappa shape index (κ1) is 11.8. The van der Waals surface area contributed by atoms with Crippen molar-refractivity contribution in [2.24, 2.45) is 0 Å². The molecule has 0 saturated heterocycles. The van der Waals surface area contributed by atoms with Gasteiger partial charge in [-0.05, 0) is 36.2 Å². The van der Waals surface area contributed by atoms with E-state index in [-0.39, 0.29) is 5.92 Å². The second kappa shape index (κ2) is 4.53. The maximum absolute atomic E-state index is 6.01. The van der Waals surface area contributed by atoms with Gasteiger partial charge in [0.1, 0.15) is 11.6 Å². The Morgan fingerprint density at radius 3 is 3.05 bits per heavy atom. The fourth-order valence-corrected chi connectivity index (χ4v) is 2.87. The topological polar surface area (TPSA) is 37.9 Å². The molecule has 4 heteroatoms. The fourth-order valence-electron chi connectivity index (χ4n) is 2.70. The average molecular weight is 285 g/mol. The van der Waals surface area contributed by atoms with E-state index < -0.39 is 0 Å². The Bertz CT molecular complexity index is 781. The Morgan fingerprint density at radius 1 is 1.20 bits per heavy atom. The second-order valence-electron chi connectivity index (χ2n) is 5.10. The maximum Gasteiger partial charge on any atom is 0.122 e. The molecule has 1 unspecified atom stereocenters. The van der Waals surface area contributed by atoms with Crippen molar-refractivity contribution in [2.75, 3.05) is 6.61 Å². The van der Waals surface area contributed by atoms with E-state index in [1.165, 1.54) is 5.56 Å². The number of benzene rings is 2. The van der Waals surface area contributed by atoms with Crippen LogP contribution in [0.3, 0.4) is 0 Å². The van der Waals surface area contributed by atoms with Crippen molar-refractivity contribution in [3.8, 4) is 5.75 Å². The van der Waals surface area contributed by atoms with Crippen LogP contribution in [0.2, 0.25) is 5.02 Å². The molecule has 0 fully saturated rings. The van der Waals surface area contributed by atoms with E-state index in [1.54, 1.807) is 0 Å². The molecule has 20 heavy (non-hydrogen) atoms. The van der Waals surface area contributed by atoms with E-state index in [0.29, 0.717) is 6.61 Å². The highest BCUT2D eigenvalue weighted by atomic mass is 35.5. The van der Waals surface area contributed by atoms with E-state index in [9.17, 15) is 0 Å². The Balaban J connectivity index is 1.70. The van der Waals surface area contributed by atoms with E-state index in [4.69, 9.17) is 16.3 Å². The van der Waals surface area contributed by atoms with Gasteiger partial charge in [-0.1, -0.05) is 29.8 Å². The molecule has 3 nitrogen and oxygen atoms in total. The SMILES string of the molecule is Clc1ccc2nc(C3COc4ccccc4C3)[nH]c2c1. The van der Waals surface area contributed by atoms with Crippen molar-refractivity contribution in [3.05, 3.63) is 58.9 Å². The summed E-state index contributed by atoms with van der Waals surface area (Å²) in [6, 6.07) is 13.9. The smallest absolute Gasteiger partial charge is 0.122 e. The standard InChI is InChI=1S/C16H13ClN2O/c17-12-5-6-13-14(8-12)19-16(18-13)11-7-10-3-1-2-4-15(10)20-9-11/h1-6,8,11H,7,9H2,(H,18,19). The minimum atomic E-state index is 0.260. The van der Waals surface area contributed by atoms with Crippen LogP contribution in [0.15, 0.2) is 42.5 Å². The molecule has 1 aromatic heterocycles. The van der Waals surface area contributed by atoms with E-state index in [1.807, 2.05) is 36.4 Å². The normalized spacial score (nSPS) is 17.8. The highest BCUT2D eigenvalue weighted by molar-refractivity contribution is 6.31. The van der Waals surface area contributed by atoms with Gasteiger partial charge in [-0.15, -0.1) is 0 Å². The summed E-state index contributed by atoms with van der Waals surface area (Å²) in [5.41, 5.74) is 3.16. The number of fused-ring (bicyclic) bond motifs is 2. The first-order valence-electron chi connectivity index (χ1n) is 6.65. The molecule has 100 valence electrons. The van der Waals surface area contributed by atoms with Gasteiger partial charge >= 0.3 is 0 Å². The van der Waals surface area contributed by atoms with Crippen molar-refractivity contribution in [1.82, 2.24) is 9.97 Å². The summed E-state index contributed by atoms with van der Waals surface area (Å²) in [6.45, 7) is 0.657. The lowest BCUT2D eigenvalue weighted by Crippen LogP contribution is -2.20. The second-order valence-corrected chi connectivity index (χ2v) is 5.54. The van der Waals surface area contributed by atoms with Gasteiger partial charge in [0.2, 0.25) is 0 Å². The summed E-state index contributed by atoms with van der Waals surface area (Å²) in [5.74, 6) is 2.22. The molecule has 2 heterocycles. The third kappa shape index (κ3) is 1.95. The van der Waals surface area contributed by atoms with Gasteiger partial charge in [-0.3, -0.25) is 0 Å². The fraction of sp³-hybridized carbons (Fsp3) is 0.188. The van der Waals surface area contributed by atoms with Crippen LogP contribution >= 0.6 is 11.6 Å². The third-order valence-corrected chi connectivity index (χ3v) is 3.96. The minimum absolute atomic E-state index is 0.260. The minimum Gasteiger partial charge on any atom is -0.493 e. The van der Waals surface area contributed by atoms with Crippen LogP contribution in [0, 0.1) is 0 Å². The Kier molecular flexibility index (Phi) is 2.67. The lowest BCUT2D eigenvalue weighted by atomic mass is 9.96. The quantitative estimate of drug-likeness (QED) is 0.735. The molecule has 0 aliphatic carbocycles. The molecule has 0 radical (unpaired) electrons. The van der Waals surface area contributed by atoms with Crippen molar-refractivity contribution in [2.45, 2.75) is 12.3 Å². The van der Waals surface area contributed by atoms with Crippen LogP contribution in [0.25, 0.3) is 11.0 Å². The number of rotatable bonds is 1. The molecule has 0 saturated carbocycles. The van der Waals surface area contributed by atoms with Gasteiger partial charge < -0.3 is 9.72 Å². The lowest BCUT2D eigenvalue weighted by molar-refractivity contribution is 0.258. The number of H-pyrrole nitrogens is 1. The predicted octanol–water partition coefficient (Wildman–Crippen LogP) is 3.94. The number of imidazole rings is 1. The summed E-state index contributed by atoms with van der Waals surface area (Å²) in [7, 11) is 0. The zero-order chi connectivity index (χ0) is 13.5. The number of hydrogen-bond donors (Lipinski definition) is 1. The number of hydrogen-bond acceptors (Lipinski definition) is 2. The van der Waals surface area contributed by atoms with Gasteiger partial charge in [0.05, 0.1) is 23.6 Å². The Labute approximate surface area is 121 Å². The third-order valence-electron chi connectivity index (χ3n) is 3.73. The molecular weight excluding hydrogens is 272 g/mol. The highest BCUT2D eigenvalue weighted by Gasteiger charge is 2.23. The largest absolute Gasteiger partial charge is 0.493 e. The molecule has 1 aliphatic heterocycles. The number of nitrogens with zero attached hydrogens (tertiary/aromatic N) is 1. The van der Waals surface area contributed by atoms with Gasteiger partial charge in [0, 0.05) is 5.02 Å². The van der Waals surface area contributed by atoms with Crippen molar-refractivity contribution in [3.63, 3.8) is 0 Å². The molecular formula is C16H13ClN2O. The molecule has 1 N–H and O–H groups in total. The zero-order valence-electron chi connectivity index (χ0n) is 10.8. The van der Waals surface area contributed by atoms with Crippen molar-refractivity contribution in [1.29, 1.82) is 0 Å². The number of nitrogens with one attached hydrogen (secondary N) is 1. The van der Waals surface area contributed by atoms with Crippen molar-refractivity contribution < 1.29 is 4.74 Å². The van der Waals surface area contributed by atoms with Gasteiger partial charge in [0.25, 0.3) is 0 Å². The number of aromatic amines is 1. The van der Waals surface area contributed by atoms with Gasteiger partial charge in [-0.2, -0.15) is 0 Å². The molecule has 1 atom stereocenters. The summed E-state index contributed by atoms with van der Waals surface area (Å²) >= 11 is 6.01. The molecule has 4 rings (SSSR count). The van der Waals surface area contributed by atoms with Crippen LogP contribution in [0.4, 0.5) is 0 Å². The van der Waals surface area contributed by atoms with E-state index >= 15 is 0 Å². The number of aromatic nitrogens is 2. The first-order valence-corrected chi connectivity index (χ1v) is 7.03. The van der Waals surface area contributed by atoms with Crippen LogP contribution in [0.1, 0.15) is 17.3 Å². The molecule has 0 spiro atoms. The number of para-hydroxylation sites is 1. The van der Waals surface area contributed by atoms with Gasteiger partial charge in [0.15, 0.2) is 0 Å². The summed E-state index contributed by atoms with van der Waals surface area (Å²) in [6.07, 6.45) is 0.948. The average Bonchev–Trinajstić information content (AvgIpc) is 2.89. The monoisotopic (exact) mass is 284 g/mol. The molecule has 0 amide bonds. The van der Waals surface area contributed by atoms with Gasteiger partial charge in [-0.25, -0.2) is 4.98 Å². The van der Waals surface area contributed by atoms with Crippen molar-refractivity contribution >= 4 is 22.6 Å². The zero-order valence-corrected chi connectivity index (χ0v) is 11.5. The molecule has 2 aromatic carbocycles. The van der Waals surface area contributed by atoms with Crippen LogP contribution in [0.5, 0.6) is 5.75 Å². The molecule has 1 aliphatic rings. The Hall–Kier alpha value is -2.00. The lowest BCUT2D eigenvalue weighted by Gasteiger charge is -2.23. The summed E-state index contributed by atoms with van der Waals surface area (Å²) in [4.78, 5) is 8.02. The predicted molar refractivity (Wildman–Crippen MR) is 79.5 cm³/mol. The number of halogens is 1. The number of ether oxygens (including phenoxy) is 1. The first-order chi connectivity index (χ1) is 9.79. The molecule has 3 aromatic rings. The van der Waals surface area contributed by atoms with E-state index in [2.05, 4.69) is 16.0 Å². The highest BCUT2D eigenvalue weighted by Crippen LogP contribution is 2.32. The van der Waals surface area contributed by atoms with Crippen LogP contribution < -0.4 is 4.74 Å². The van der Waals surface area contributed by atoms with Crippen LogP contribution in [-0.2, 0) is 6.42 Å². The molecule has 0 bridgehead atoms. The Morgan fingerprint density at radius 2 is 2.10 bits per heavy atom.